The summed E-state index contributed by atoms with van der Waals surface area (Å²) in [4.78, 5) is 17.1. The molecule has 1 aliphatic heterocycles. The van der Waals surface area contributed by atoms with E-state index in [1.54, 1.807) is 0 Å². The lowest BCUT2D eigenvalue weighted by Gasteiger charge is -2.26. The quantitative estimate of drug-likeness (QED) is 0.841. The summed E-state index contributed by atoms with van der Waals surface area (Å²) < 4.78 is 0. The van der Waals surface area contributed by atoms with Gasteiger partial charge in [-0.15, -0.1) is 0 Å². The van der Waals surface area contributed by atoms with E-state index in [2.05, 4.69) is 4.99 Å². The summed E-state index contributed by atoms with van der Waals surface area (Å²) in [6.45, 7) is 2.34. The predicted molar refractivity (Wildman–Crippen MR) is 70.0 cm³/mol. The maximum atomic E-state index is 11.4. The molecule has 0 aromatic heterocycles. The molecule has 0 aliphatic carbocycles. The molecule has 0 spiro atoms. The summed E-state index contributed by atoms with van der Waals surface area (Å²) in [7, 11) is 0. The standard InChI is InChI=1S/C13H17N3O2/c1-2-5-11-12(14)15-10-7-4-3-6-9(10)8-16(11)13(17)18/h3-4,6-7,11H,2,5,8H2,1H3,(H2,14,15)(H,17,18). The maximum absolute atomic E-state index is 11.4. The highest BCUT2D eigenvalue weighted by molar-refractivity contribution is 5.91. The molecule has 3 N–H and O–H groups in total. The first-order valence-electron chi connectivity index (χ1n) is 6.05. The van der Waals surface area contributed by atoms with Gasteiger partial charge < -0.3 is 10.8 Å². The number of amides is 1. The third-order valence-electron chi connectivity index (χ3n) is 3.11. The summed E-state index contributed by atoms with van der Waals surface area (Å²) in [5.74, 6) is 0.379. The van der Waals surface area contributed by atoms with E-state index in [4.69, 9.17) is 5.73 Å². The van der Waals surface area contributed by atoms with E-state index in [1.807, 2.05) is 31.2 Å². The van der Waals surface area contributed by atoms with Gasteiger partial charge in [-0.1, -0.05) is 31.5 Å². The van der Waals surface area contributed by atoms with E-state index >= 15 is 0 Å². The number of benzene rings is 1. The van der Waals surface area contributed by atoms with Crippen LogP contribution in [-0.4, -0.2) is 28.0 Å². The predicted octanol–water partition coefficient (Wildman–Crippen LogP) is 2.34. The van der Waals surface area contributed by atoms with Gasteiger partial charge >= 0.3 is 6.09 Å². The number of rotatable bonds is 2. The molecule has 1 aromatic carbocycles. The third-order valence-corrected chi connectivity index (χ3v) is 3.11. The van der Waals surface area contributed by atoms with E-state index < -0.39 is 6.09 Å². The van der Waals surface area contributed by atoms with Gasteiger partial charge in [-0.3, -0.25) is 4.90 Å². The fourth-order valence-electron chi connectivity index (χ4n) is 2.20. The molecule has 0 fully saturated rings. The van der Waals surface area contributed by atoms with E-state index in [1.165, 1.54) is 4.90 Å². The first kappa shape index (κ1) is 12.4. The highest BCUT2D eigenvalue weighted by Crippen LogP contribution is 2.26. The maximum Gasteiger partial charge on any atom is 0.408 e. The fraction of sp³-hybridized carbons (Fsp3) is 0.385. The Hall–Kier alpha value is -2.04. The van der Waals surface area contributed by atoms with E-state index in [0.717, 1.165) is 17.7 Å². The Morgan fingerprint density at radius 2 is 2.28 bits per heavy atom. The van der Waals surface area contributed by atoms with Gasteiger partial charge in [-0.25, -0.2) is 9.79 Å². The highest BCUT2D eigenvalue weighted by atomic mass is 16.4. The Morgan fingerprint density at radius 1 is 1.56 bits per heavy atom. The third kappa shape index (κ3) is 2.30. The van der Waals surface area contributed by atoms with Crippen molar-refractivity contribution in [2.24, 2.45) is 10.7 Å². The molecule has 1 aliphatic rings. The smallest absolute Gasteiger partial charge is 0.408 e. The first-order chi connectivity index (χ1) is 8.63. The van der Waals surface area contributed by atoms with Crippen LogP contribution in [0.1, 0.15) is 25.3 Å². The second-order valence-corrected chi connectivity index (χ2v) is 4.38. The summed E-state index contributed by atoms with van der Waals surface area (Å²) in [6.07, 6.45) is 0.597. The van der Waals surface area contributed by atoms with Crippen LogP contribution in [0.4, 0.5) is 10.5 Å². The van der Waals surface area contributed by atoms with Crippen molar-refractivity contribution in [3.8, 4) is 0 Å². The molecule has 96 valence electrons. The molecule has 0 bridgehead atoms. The Balaban J connectivity index is 2.43. The molecule has 0 saturated heterocycles. The summed E-state index contributed by atoms with van der Waals surface area (Å²) in [5, 5.41) is 9.32. The van der Waals surface area contributed by atoms with Crippen LogP contribution in [0.15, 0.2) is 29.3 Å². The Kier molecular flexibility index (Phi) is 3.50. The molecule has 1 amide bonds. The molecule has 5 heteroatoms. The zero-order valence-corrected chi connectivity index (χ0v) is 10.3. The van der Waals surface area contributed by atoms with Gasteiger partial charge in [0.1, 0.15) is 5.84 Å². The molecule has 0 saturated carbocycles. The number of nitrogens with two attached hydrogens (primary N) is 1. The minimum absolute atomic E-state index is 0.333. The number of para-hydroxylation sites is 1. The van der Waals surface area contributed by atoms with Gasteiger partial charge in [0.25, 0.3) is 0 Å². The normalized spacial score (nSPS) is 18.8. The van der Waals surface area contributed by atoms with Crippen LogP contribution in [0.5, 0.6) is 0 Å². The van der Waals surface area contributed by atoms with Crippen molar-refractivity contribution in [2.75, 3.05) is 0 Å². The van der Waals surface area contributed by atoms with Gasteiger partial charge in [-0.05, 0) is 18.1 Å². The summed E-state index contributed by atoms with van der Waals surface area (Å²) in [5.41, 5.74) is 7.61. The topological polar surface area (TPSA) is 78.9 Å². The monoisotopic (exact) mass is 247 g/mol. The number of carboxylic acid groups (broad SMARTS) is 1. The minimum Gasteiger partial charge on any atom is -0.465 e. The number of nitrogens with zero attached hydrogens (tertiary/aromatic N) is 2. The van der Waals surface area contributed by atoms with E-state index in [-0.39, 0.29) is 6.04 Å². The van der Waals surface area contributed by atoms with Crippen LogP contribution >= 0.6 is 0 Å². The Bertz CT molecular complexity index is 485. The molecular weight excluding hydrogens is 230 g/mol. The van der Waals surface area contributed by atoms with Crippen molar-refractivity contribution in [3.63, 3.8) is 0 Å². The number of aliphatic imine (C=N–C) groups is 1. The van der Waals surface area contributed by atoms with Crippen molar-refractivity contribution in [1.82, 2.24) is 4.90 Å². The van der Waals surface area contributed by atoms with Crippen molar-refractivity contribution in [3.05, 3.63) is 29.8 Å². The fourth-order valence-corrected chi connectivity index (χ4v) is 2.20. The summed E-state index contributed by atoms with van der Waals surface area (Å²) >= 11 is 0. The largest absolute Gasteiger partial charge is 0.465 e. The van der Waals surface area contributed by atoms with Gasteiger partial charge in [0.05, 0.1) is 18.3 Å². The van der Waals surface area contributed by atoms with Crippen molar-refractivity contribution < 1.29 is 9.90 Å². The van der Waals surface area contributed by atoms with E-state index in [0.29, 0.717) is 18.8 Å². The molecule has 1 atom stereocenters. The van der Waals surface area contributed by atoms with Crippen LogP contribution < -0.4 is 5.73 Å². The van der Waals surface area contributed by atoms with Crippen LogP contribution in [0.3, 0.4) is 0 Å². The number of hydrogen-bond donors (Lipinski definition) is 2. The second-order valence-electron chi connectivity index (χ2n) is 4.38. The van der Waals surface area contributed by atoms with Crippen molar-refractivity contribution in [1.29, 1.82) is 0 Å². The Labute approximate surface area is 106 Å². The molecule has 1 unspecified atom stereocenters. The molecule has 0 radical (unpaired) electrons. The lowest BCUT2D eigenvalue weighted by molar-refractivity contribution is 0.132. The zero-order chi connectivity index (χ0) is 13.1. The van der Waals surface area contributed by atoms with Gasteiger partial charge in [0, 0.05) is 0 Å². The zero-order valence-electron chi connectivity index (χ0n) is 10.3. The SMILES string of the molecule is CCCC1C(N)=Nc2ccccc2CN1C(=O)O. The number of carbonyl (C=O) groups is 1. The molecule has 1 heterocycles. The number of amidine groups is 1. The van der Waals surface area contributed by atoms with Crippen LogP contribution in [0.25, 0.3) is 0 Å². The second kappa shape index (κ2) is 5.08. The number of fused-ring (bicyclic) bond motifs is 1. The lowest BCUT2D eigenvalue weighted by Crippen LogP contribution is -2.46. The van der Waals surface area contributed by atoms with Gasteiger partial charge in [0.2, 0.25) is 0 Å². The molecule has 2 rings (SSSR count). The lowest BCUT2D eigenvalue weighted by atomic mass is 10.1. The van der Waals surface area contributed by atoms with Crippen LogP contribution in [0.2, 0.25) is 0 Å². The van der Waals surface area contributed by atoms with E-state index in [9.17, 15) is 9.90 Å². The molecule has 1 aromatic rings. The molecular formula is C13H17N3O2. The highest BCUT2D eigenvalue weighted by Gasteiger charge is 2.29. The average molecular weight is 247 g/mol. The first-order valence-corrected chi connectivity index (χ1v) is 6.05. The minimum atomic E-state index is -0.955. The van der Waals surface area contributed by atoms with Gasteiger partial charge in [0.15, 0.2) is 0 Å². The van der Waals surface area contributed by atoms with Crippen LogP contribution in [-0.2, 0) is 6.54 Å². The Morgan fingerprint density at radius 3 is 2.94 bits per heavy atom. The molecule has 5 nitrogen and oxygen atoms in total. The van der Waals surface area contributed by atoms with Crippen molar-refractivity contribution in [2.45, 2.75) is 32.4 Å². The van der Waals surface area contributed by atoms with Crippen molar-refractivity contribution >= 4 is 17.6 Å². The molecule has 18 heavy (non-hydrogen) atoms. The number of hydrogen-bond acceptors (Lipinski definition) is 3. The van der Waals surface area contributed by atoms with Gasteiger partial charge in [-0.2, -0.15) is 0 Å². The average Bonchev–Trinajstić information content (AvgIpc) is 2.47. The summed E-state index contributed by atoms with van der Waals surface area (Å²) in [6, 6.07) is 7.17. The van der Waals surface area contributed by atoms with Crippen LogP contribution in [0, 0.1) is 0 Å².